The van der Waals surface area contributed by atoms with Crippen LogP contribution in [0, 0.1) is 0 Å². The maximum absolute atomic E-state index is 5.89. The molecule has 0 unspecified atom stereocenters. The second-order valence-corrected chi connectivity index (χ2v) is 5.65. The van der Waals surface area contributed by atoms with Crippen LogP contribution >= 0.6 is 0 Å². The quantitative estimate of drug-likeness (QED) is 0.604. The highest BCUT2D eigenvalue weighted by Gasteiger charge is 2.09. The molecule has 0 bridgehead atoms. The Morgan fingerprint density at radius 1 is 0.440 bits per heavy atom. The molecular weight excluding hydrogens is 308 g/mol. The second kappa shape index (κ2) is 6.53. The first-order valence-corrected chi connectivity index (χ1v) is 8.02. The molecule has 4 nitrogen and oxygen atoms in total. The first-order chi connectivity index (χ1) is 12.3. The second-order valence-electron chi connectivity index (χ2n) is 5.65. The van der Waals surface area contributed by atoms with Crippen LogP contribution in [-0.2, 0) is 0 Å². The lowest BCUT2D eigenvalue weighted by Crippen LogP contribution is -2.02. The minimum absolute atomic E-state index is 0.219. The minimum atomic E-state index is 0.219. The van der Waals surface area contributed by atoms with Crippen LogP contribution in [0.3, 0.4) is 0 Å². The van der Waals surface area contributed by atoms with Gasteiger partial charge in [0.25, 0.3) is 0 Å². The van der Waals surface area contributed by atoms with Gasteiger partial charge in [-0.3, -0.25) is 0 Å². The highest BCUT2D eigenvalue weighted by molar-refractivity contribution is 5.68. The highest BCUT2D eigenvalue weighted by atomic mass is 15.1. The zero-order valence-electron chi connectivity index (χ0n) is 13.5. The normalized spacial score (nSPS) is 10.6. The Bertz CT molecular complexity index is 981. The van der Waals surface area contributed by atoms with Gasteiger partial charge in [0.1, 0.15) is 0 Å². The Labute approximate surface area is 146 Å². The van der Waals surface area contributed by atoms with Gasteiger partial charge in [-0.2, -0.15) is 9.97 Å². The molecule has 4 heteroatoms. The molecule has 0 spiro atoms. The summed E-state index contributed by atoms with van der Waals surface area (Å²) in [5, 5.41) is 0. The molecule has 0 aliphatic carbocycles. The maximum atomic E-state index is 5.89. The van der Waals surface area contributed by atoms with Crippen LogP contribution in [0.25, 0.3) is 33.9 Å². The molecule has 0 saturated carbocycles. The van der Waals surface area contributed by atoms with Crippen molar-refractivity contribution in [3.8, 4) is 33.9 Å². The zero-order chi connectivity index (χ0) is 17.1. The van der Waals surface area contributed by atoms with Crippen LogP contribution in [0.1, 0.15) is 0 Å². The van der Waals surface area contributed by atoms with Gasteiger partial charge in [0, 0.05) is 11.1 Å². The summed E-state index contributed by atoms with van der Waals surface area (Å²) in [7, 11) is 0. The van der Waals surface area contributed by atoms with E-state index >= 15 is 0 Å². The number of hydrogen-bond acceptors (Lipinski definition) is 4. The summed E-state index contributed by atoms with van der Waals surface area (Å²) in [5.41, 5.74) is 10.0. The highest BCUT2D eigenvalue weighted by Crippen LogP contribution is 2.24. The average molecular weight is 324 g/mol. The van der Waals surface area contributed by atoms with Gasteiger partial charge in [0.15, 0.2) is 11.6 Å². The first-order valence-electron chi connectivity index (χ1n) is 8.02. The number of hydrogen-bond donors (Lipinski definition) is 1. The lowest BCUT2D eigenvalue weighted by atomic mass is 10.0. The van der Waals surface area contributed by atoms with Crippen molar-refractivity contribution in [3.05, 3.63) is 84.9 Å². The van der Waals surface area contributed by atoms with Crippen molar-refractivity contribution < 1.29 is 0 Å². The van der Waals surface area contributed by atoms with Crippen molar-refractivity contribution in [1.82, 2.24) is 15.0 Å². The predicted molar refractivity (Wildman–Crippen MR) is 101 cm³/mol. The molecule has 0 saturated heterocycles. The van der Waals surface area contributed by atoms with Crippen LogP contribution in [0.4, 0.5) is 5.95 Å². The fraction of sp³-hybridized carbons (Fsp3) is 0. The summed E-state index contributed by atoms with van der Waals surface area (Å²) in [4.78, 5) is 13.1. The molecule has 1 heterocycles. The number of nitrogen functional groups attached to an aromatic ring is 1. The van der Waals surface area contributed by atoms with Crippen molar-refractivity contribution in [1.29, 1.82) is 0 Å². The molecule has 25 heavy (non-hydrogen) atoms. The number of benzene rings is 3. The number of anilines is 1. The van der Waals surface area contributed by atoms with Crippen LogP contribution in [-0.4, -0.2) is 15.0 Å². The average Bonchev–Trinajstić information content (AvgIpc) is 2.69. The Kier molecular flexibility index (Phi) is 3.92. The summed E-state index contributed by atoms with van der Waals surface area (Å²) in [6, 6.07) is 28.1. The number of rotatable bonds is 3. The molecule has 4 rings (SSSR count). The topological polar surface area (TPSA) is 64.7 Å². The summed E-state index contributed by atoms with van der Waals surface area (Å²) >= 11 is 0. The van der Waals surface area contributed by atoms with Crippen molar-refractivity contribution in [2.45, 2.75) is 0 Å². The Morgan fingerprint density at radius 2 is 0.840 bits per heavy atom. The van der Waals surface area contributed by atoms with Crippen LogP contribution in [0.5, 0.6) is 0 Å². The molecule has 0 radical (unpaired) electrons. The van der Waals surface area contributed by atoms with Gasteiger partial charge < -0.3 is 5.73 Å². The monoisotopic (exact) mass is 324 g/mol. The molecule has 2 N–H and O–H groups in total. The third-order valence-corrected chi connectivity index (χ3v) is 3.93. The maximum Gasteiger partial charge on any atom is 0.224 e. The zero-order valence-corrected chi connectivity index (χ0v) is 13.5. The van der Waals surface area contributed by atoms with E-state index in [1.807, 2.05) is 60.7 Å². The molecule has 1 aromatic heterocycles. The third-order valence-electron chi connectivity index (χ3n) is 3.93. The lowest BCUT2D eigenvalue weighted by molar-refractivity contribution is 1.08. The van der Waals surface area contributed by atoms with Crippen molar-refractivity contribution in [2.75, 3.05) is 5.73 Å². The lowest BCUT2D eigenvalue weighted by Gasteiger charge is -2.06. The van der Waals surface area contributed by atoms with Gasteiger partial charge in [-0.25, -0.2) is 4.98 Å². The first kappa shape index (κ1) is 15.0. The fourth-order valence-electron chi connectivity index (χ4n) is 2.68. The standard InChI is InChI=1S/C21H16N4/c22-21-24-19(17-9-5-2-6-10-17)23-20(25-21)18-13-11-16(12-14-18)15-7-3-1-4-8-15/h1-14H,(H2,22,23,24,25). The van der Waals surface area contributed by atoms with Gasteiger partial charge >= 0.3 is 0 Å². The van der Waals surface area contributed by atoms with Gasteiger partial charge in [-0.15, -0.1) is 0 Å². The van der Waals surface area contributed by atoms with Gasteiger partial charge in [0.2, 0.25) is 5.95 Å². The Hall–Kier alpha value is -3.53. The van der Waals surface area contributed by atoms with E-state index in [0.29, 0.717) is 11.6 Å². The van der Waals surface area contributed by atoms with Crippen molar-refractivity contribution in [3.63, 3.8) is 0 Å². The summed E-state index contributed by atoms with van der Waals surface area (Å²) < 4.78 is 0. The van der Waals surface area contributed by atoms with E-state index in [-0.39, 0.29) is 5.95 Å². The largest absolute Gasteiger partial charge is 0.368 e. The molecule has 0 aliphatic rings. The Balaban J connectivity index is 1.71. The predicted octanol–water partition coefficient (Wildman–Crippen LogP) is 4.45. The SMILES string of the molecule is Nc1nc(-c2ccccc2)nc(-c2ccc(-c3ccccc3)cc2)n1. The van der Waals surface area contributed by atoms with E-state index in [1.165, 1.54) is 5.56 Å². The molecule has 3 aromatic carbocycles. The minimum Gasteiger partial charge on any atom is -0.368 e. The van der Waals surface area contributed by atoms with E-state index in [2.05, 4.69) is 39.2 Å². The Morgan fingerprint density at radius 3 is 1.40 bits per heavy atom. The van der Waals surface area contributed by atoms with E-state index in [9.17, 15) is 0 Å². The van der Waals surface area contributed by atoms with E-state index < -0.39 is 0 Å². The molecule has 120 valence electrons. The van der Waals surface area contributed by atoms with E-state index in [1.54, 1.807) is 0 Å². The van der Waals surface area contributed by atoms with Crippen molar-refractivity contribution >= 4 is 5.95 Å². The van der Waals surface area contributed by atoms with Gasteiger partial charge in [-0.1, -0.05) is 84.9 Å². The van der Waals surface area contributed by atoms with E-state index in [0.717, 1.165) is 16.7 Å². The van der Waals surface area contributed by atoms with Gasteiger partial charge in [0.05, 0.1) is 0 Å². The van der Waals surface area contributed by atoms with Crippen LogP contribution in [0.2, 0.25) is 0 Å². The van der Waals surface area contributed by atoms with Gasteiger partial charge in [-0.05, 0) is 11.1 Å². The smallest absolute Gasteiger partial charge is 0.224 e. The number of aromatic nitrogens is 3. The molecule has 0 atom stereocenters. The van der Waals surface area contributed by atoms with Crippen molar-refractivity contribution in [2.24, 2.45) is 0 Å². The summed E-state index contributed by atoms with van der Waals surface area (Å²) in [6.45, 7) is 0. The molecular formula is C21H16N4. The van der Waals surface area contributed by atoms with Crippen LogP contribution < -0.4 is 5.73 Å². The molecule has 0 aliphatic heterocycles. The molecule has 0 fully saturated rings. The summed E-state index contributed by atoms with van der Waals surface area (Å²) in [6.07, 6.45) is 0. The third kappa shape index (κ3) is 3.23. The number of nitrogens with zero attached hydrogens (tertiary/aromatic N) is 3. The van der Waals surface area contributed by atoms with Crippen LogP contribution in [0.15, 0.2) is 84.9 Å². The molecule has 4 aromatic rings. The molecule has 0 amide bonds. The van der Waals surface area contributed by atoms with E-state index in [4.69, 9.17) is 5.73 Å². The summed E-state index contributed by atoms with van der Waals surface area (Å²) in [5.74, 6) is 1.37. The number of nitrogens with two attached hydrogens (primary N) is 1. The fourth-order valence-corrected chi connectivity index (χ4v) is 2.68.